The van der Waals surface area contributed by atoms with Gasteiger partial charge in [0.25, 0.3) is 5.69 Å². The zero-order chi connectivity index (χ0) is 30.4. The lowest BCUT2D eigenvalue weighted by atomic mass is 10.1. The van der Waals surface area contributed by atoms with Gasteiger partial charge in [0, 0.05) is 32.2 Å². The van der Waals surface area contributed by atoms with Crippen LogP contribution in [0.5, 0.6) is 0 Å². The third kappa shape index (κ3) is 15.0. The summed E-state index contributed by atoms with van der Waals surface area (Å²) < 4.78 is 38.3. The largest absolute Gasteiger partial charge is 0.444 e. The Kier molecular flexibility index (Phi) is 14.4. The Hall–Kier alpha value is -2.93. The molecule has 0 unspecified atom stereocenters. The van der Waals surface area contributed by atoms with Crippen LogP contribution in [0.25, 0.3) is 0 Å². The Morgan fingerprint density at radius 3 is 2.00 bits per heavy atom. The molecule has 228 valence electrons. The van der Waals surface area contributed by atoms with Crippen LogP contribution in [0, 0.1) is 10.1 Å². The molecule has 0 saturated carbocycles. The summed E-state index contributed by atoms with van der Waals surface area (Å²) in [5.74, 6) is 0. The Balaban J connectivity index is 2.46. The molecule has 40 heavy (non-hydrogen) atoms. The first-order valence-electron chi connectivity index (χ1n) is 13.7. The molecule has 0 spiro atoms. The number of carbonyl (C=O) groups is 2. The summed E-state index contributed by atoms with van der Waals surface area (Å²) >= 11 is 0. The number of benzene rings is 1. The molecule has 13 heteroatoms. The Labute approximate surface area is 238 Å². The van der Waals surface area contributed by atoms with Crippen LogP contribution in [0.4, 0.5) is 15.3 Å². The number of nitro benzene ring substituents is 1. The number of ether oxygens (including phenoxy) is 2. The number of hydrogen-bond acceptors (Lipinski definition) is 8. The molecule has 0 fully saturated rings. The van der Waals surface area contributed by atoms with Crippen molar-refractivity contribution in [3.63, 3.8) is 0 Å². The lowest BCUT2D eigenvalue weighted by Crippen LogP contribution is -2.39. The first-order valence-corrected chi connectivity index (χ1v) is 15.2. The molecule has 0 aliphatic rings. The van der Waals surface area contributed by atoms with Gasteiger partial charge >= 0.3 is 12.2 Å². The van der Waals surface area contributed by atoms with Crippen LogP contribution in [0.15, 0.2) is 29.2 Å². The minimum absolute atomic E-state index is 0.00497. The lowest BCUT2D eigenvalue weighted by molar-refractivity contribution is -0.387. The predicted molar refractivity (Wildman–Crippen MR) is 153 cm³/mol. The fraction of sp³-hybridized carbons (Fsp3) is 0.704. The highest BCUT2D eigenvalue weighted by molar-refractivity contribution is 7.89. The summed E-state index contributed by atoms with van der Waals surface area (Å²) in [7, 11) is -4.09. The van der Waals surface area contributed by atoms with Gasteiger partial charge in [-0.3, -0.25) is 10.1 Å². The topological polar surface area (TPSA) is 157 Å². The fourth-order valence-corrected chi connectivity index (χ4v) is 4.89. The van der Waals surface area contributed by atoms with Gasteiger partial charge in [-0.25, -0.2) is 22.7 Å². The molecule has 1 rings (SSSR count). The average Bonchev–Trinajstić information content (AvgIpc) is 2.81. The van der Waals surface area contributed by atoms with Gasteiger partial charge in [0.2, 0.25) is 10.0 Å². The van der Waals surface area contributed by atoms with Crippen LogP contribution in [-0.4, -0.2) is 67.8 Å². The smallest absolute Gasteiger partial charge is 0.410 e. The van der Waals surface area contributed by atoms with Crippen molar-refractivity contribution in [1.82, 2.24) is 14.9 Å². The maximum atomic E-state index is 12.7. The van der Waals surface area contributed by atoms with Crippen molar-refractivity contribution in [2.75, 3.05) is 26.2 Å². The Morgan fingerprint density at radius 1 is 0.850 bits per heavy atom. The second-order valence-electron chi connectivity index (χ2n) is 11.5. The summed E-state index contributed by atoms with van der Waals surface area (Å²) in [4.78, 5) is 36.0. The number of carbonyl (C=O) groups excluding carboxylic acids is 2. The van der Waals surface area contributed by atoms with E-state index in [1.807, 2.05) is 20.8 Å². The number of alkyl carbamates (subject to hydrolysis) is 1. The second kappa shape index (κ2) is 16.4. The van der Waals surface area contributed by atoms with Crippen LogP contribution in [0.2, 0.25) is 0 Å². The maximum Gasteiger partial charge on any atom is 0.410 e. The molecule has 0 aliphatic carbocycles. The van der Waals surface area contributed by atoms with Gasteiger partial charge in [0.15, 0.2) is 4.90 Å². The van der Waals surface area contributed by atoms with E-state index in [0.29, 0.717) is 19.5 Å². The molecule has 0 atom stereocenters. The Morgan fingerprint density at radius 2 is 1.40 bits per heavy atom. The molecule has 0 saturated heterocycles. The monoisotopic (exact) mass is 586 g/mol. The van der Waals surface area contributed by atoms with Gasteiger partial charge in [0.1, 0.15) is 11.2 Å². The summed E-state index contributed by atoms with van der Waals surface area (Å²) in [5, 5.41) is 13.9. The molecule has 0 aromatic heterocycles. The van der Waals surface area contributed by atoms with E-state index in [9.17, 15) is 28.1 Å². The fourth-order valence-electron chi connectivity index (χ4n) is 3.65. The minimum Gasteiger partial charge on any atom is -0.444 e. The van der Waals surface area contributed by atoms with E-state index >= 15 is 0 Å². The van der Waals surface area contributed by atoms with Gasteiger partial charge in [0.05, 0.1) is 4.92 Å². The third-order valence-electron chi connectivity index (χ3n) is 5.42. The van der Waals surface area contributed by atoms with E-state index in [1.54, 1.807) is 25.7 Å². The molecule has 12 nitrogen and oxygen atoms in total. The van der Waals surface area contributed by atoms with Crippen LogP contribution in [0.1, 0.15) is 86.5 Å². The molecule has 0 radical (unpaired) electrons. The highest BCUT2D eigenvalue weighted by atomic mass is 32.2. The first kappa shape index (κ1) is 35.1. The predicted octanol–water partition coefficient (Wildman–Crippen LogP) is 5.37. The van der Waals surface area contributed by atoms with Gasteiger partial charge in [-0.1, -0.05) is 37.8 Å². The first-order chi connectivity index (χ1) is 18.5. The zero-order valence-electron chi connectivity index (χ0n) is 24.7. The third-order valence-corrected chi connectivity index (χ3v) is 6.93. The van der Waals surface area contributed by atoms with E-state index in [2.05, 4.69) is 10.0 Å². The molecule has 0 bridgehead atoms. The average molecular weight is 587 g/mol. The number of unbranched alkanes of at least 4 members (excludes halogenated alkanes) is 5. The van der Waals surface area contributed by atoms with Crippen molar-refractivity contribution in [3.05, 3.63) is 34.4 Å². The number of sulfonamides is 1. The molecular weight excluding hydrogens is 540 g/mol. The zero-order valence-corrected chi connectivity index (χ0v) is 25.5. The lowest BCUT2D eigenvalue weighted by Gasteiger charge is -2.27. The van der Waals surface area contributed by atoms with E-state index in [1.165, 1.54) is 18.2 Å². The van der Waals surface area contributed by atoms with Crippen molar-refractivity contribution in [1.29, 1.82) is 0 Å². The van der Waals surface area contributed by atoms with Gasteiger partial charge in [-0.2, -0.15) is 0 Å². The minimum atomic E-state index is -4.09. The van der Waals surface area contributed by atoms with E-state index in [0.717, 1.165) is 44.6 Å². The number of rotatable bonds is 16. The summed E-state index contributed by atoms with van der Waals surface area (Å²) in [6.45, 7) is 12.1. The van der Waals surface area contributed by atoms with Crippen molar-refractivity contribution >= 4 is 27.9 Å². The molecule has 2 N–H and O–H groups in total. The van der Waals surface area contributed by atoms with Gasteiger partial charge in [-0.15, -0.1) is 0 Å². The number of para-hydroxylation sites is 1. The molecule has 1 aromatic carbocycles. The van der Waals surface area contributed by atoms with Gasteiger partial charge in [-0.05, 0) is 66.9 Å². The number of nitro groups is 1. The van der Waals surface area contributed by atoms with Gasteiger partial charge < -0.3 is 19.7 Å². The highest BCUT2D eigenvalue weighted by Gasteiger charge is 2.25. The molecule has 0 heterocycles. The molecular formula is C27H46N4O8S. The SMILES string of the molecule is CC(C)(C)OC(=O)NCCCCCCCCN(CCCNS(=O)(=O)c1ccccc1[N+](=O)[O-])C(=O)OC(C)(C)C. The number of nitrogens with one attached hydrogen (secondary N) is 2. The maximum absolute atomic E-state index is 12.7. The van der Waals surface area contributed by atoms with Crippen molar-refractivity contribution in [3.8, 4) is 0 Å². The summed E-state index contributed by atoms with van der Waals surface area (Å²) in [5.41, 5.74) is -1.68. The number of hydrogen-bond donors (Lipinski definition) is 2. The highest BCUT2D eigenvalue weighted by Crippen LogP contribution is 2.22. The van der Waals surface area contributed by atoms with Crippen LogP contribution in [-0.2, 0) is 19.5 Å². The normalized spacial score (nSPS) is 12.1. The number of amides is 2. The van der Waals surface area contributed by atoms with Crippen molar-refractivity contribution in [2.45, 2.75) is 103 Å². The summed E-state index contributed by atoms with van der Waals surface area (Å²) in [6, 6.07) is 5.15. The summed E-state index contributed by atoms with van der Waals surface area (Å²) in [6.07, 6.45) is 4.88. The standard InChI is InChI=1S/C27H46N4O8S/c1-26(2,3)38-24(32)28-18-13-9-7-8-10-14-20-30(25(33)39-27(4,5)6)21-15-19-29-40(36,37)23-17-12-11-16-22(23)31(34)35/h11-12,16-17,29H,7-10,13-15,18-21H2,1-6H3,(H,28,32). The number of nitrogens with zero attached hydrogens (tertiary/aromatic N) is 2. The molecule has 1 aromatic rings. The van der Waals surface area contributed by atoms with Crippen LogP contribution < -0.4 is 10.0 Å². The van der Waals surface area contributed by atoms with Crippen molar-refractivity contribution < 1.29 is 32.4 Å². The van der Waals surface area contributed by atoms with E-state index < -0.39 is 48.9 Å². The molecule has 0 aliphatic heterocycles. The van der Waals surface area contributed by atoms with E-state index in [-0.39, 0.29) is 13.1 Å². The Bertz CT molecular complexity index is 1070. The quantitative estimate of drug-likeness (QED) is 0.149. The molecule has 2 amide bonds. The van der Waals surface area contributed by atoms with E-state index in [4.69, 9.17) is 9.47 Å². The van der Waals surface area contributed by atoms with Crippen LogP contribution in [0.3, 0.4) is 0 Å². The van der Waals surface area contributed by atoms with Crippen LogP contribution >= 0.6 is 0 Å². The van der Waals surface area contributed by atoms with Crippen molar-refractivity contribution in [2.24, 2.45) is 0 Å². The second-order valence-corrected chi connectivity index (χ2v) is 13.2.